The largest absolute Gasteiger partial charge is 0.507 e. The average Bonchev–Trinajstić information content (AvgIpc) is 2.41. The first-order chi connectivity index (χ1) is 9.17. The fourth-order valence-corrected chi connectivity index (χ4v) is 1.47. The van der Waals surface area contributed by atoms with Crippen molar-refractivity contribution < 1.29 is 9.90 Å². The molecule has 0 saturated heterocycles. The fraction of sp³-hybridized carbons (Fsp3) is 0.385. The number of amides is 1. The van der Waals surface area contributed by atoms with E-state index in [1.807, 2.05) is 0 Å². The van der Waals surface area contributed by atoms with E-state index in [0.717, 1.165) is 19.3 Å². The van der Waals surface area contributed by atoms with Gasteiger partial charge in [-0.3, -0.25) is 4.79 Å². The third-order valence-corrected chi connectivity index (χ3v) is 2.52. The first-order valence-corrected chi connectivity index (χ1v) is 6.15. The molecule has 0 aliphatic rings. The summed E-state index contributed by atoms with van der Waals surface area (Å²) in [5.74, 6) is -0.203. The lowest BCUT2D eigenvalue weighted by Crippen LogP contribution is -2.16. The highest BCUT2D eigenvalue weighted by atomic mass is 16.3. The molecule has 6 heteroatoms. The van der Waals surface area contributed by atoms with Crippen LogP contribution in [0, 0.1) is 4.91 Å². The molecule has 0 radical (unpaired) electrons. The standard InChI is InChI=1S/C13H17N3O3/c1-2-3-4-5-13(18)15-14-9-10-8-11(16-19)6-7-12(10)17/h6-9,17H,2-5H2,1H3,(H,15,18)/b14-9+. The van der Waals surface area contributed by atoms with Gasteiger partial charge in [-0.1, -0.05) is 19.8 Å². The van der Waals surface area contributed by atoms with Gasteiger partial charge in [0, 0.05) is 12.0 Å². The molecule has 1 aromatic rings. The zero-order chi connectivity index (χ0) is 14.1. The van der Waals surface area contributed by atoms with E-state index >= 15 is 0 Å². The molecule has 0 heterocycles. The van der Waals surface area contributed by atoms with E-state index in [9.17, 15) is 14.8 Å². The summed E-state index contributed by atoms with van der Waals surface area (Å²) in [6.07, 6.45) is 4.59. The predicted molar refractivity (Wildman–Crippen MR) is 73.4 cm³/mol. The van der Waals surface area contributed by atoms with Gasteiger partial charge < -0.3 is 5.11 Å². The molecule has 19 heavy (non-hydrogen) atoms. The summed E-state index contributed by atoms with van der Waals surface area (Å²) >= 11 is 0. The van der Waals surface area contributed by atoms with Crippen molar-refractivity contribution in [3.63, 3.8) is 0 Å². The van der Waals surface area contributed by atoms with Crippen molar-refractivity contribution in [2.45, 2.75) is 32.6 Å². The van der Waals surface area contributed by atoms with E-state index in [-0.39, 0.29) is 17.3 Å². The van der Waals surface area contributed by atoms with Gasteiger partial charge in [-0.15, -0.1) is 4.91 Å². The number of hydrazone groups is 1. The number of phenols is 1. The molecule has 0 aliphatic carbocycles. The molecular formula is C13H17N3O3. The molecule has 0 aromatic heterocycles. The van der Waals surface area contributed by atoms with Crippen molar-refractivity contribution in [3.8, 4) is 5.75 Å². The molecule has 0 saturated carbocycles. The van der Waals surface area contributed by atoms with Crippen LogP contribution in [0.25, 0.3) is 0 Å². The zero-order valence-corrected chi connectivity index (χ0v) is 10.8. The number of nitrogens with one attached hydrogen (secondary N) is 1. The van der Waals surface area contributed by atoms with E-state index in [1.54, 1.807) is 0 Å². The van der Waals surface area contributed by atoms with E-state index in [1.165, 1.54) is 24.4 Å². The maximum absolute atomic E-state index is 11.4. The maximum Gasteiger partial charge on any atom is 0.240 e. The van der Waals surface area contributed by atoms with Crippen LogP contribution in [-0.2, 0) is 4.79 Å². The lowest BCUT2D eigenvalue weighted by Gasteiger charge is -2.00. The second kappa shape index (κ2) is 7.97. The molecule has 0 unspecified atom stereocenters. The number of carbonyl (C=O) groups excluding carboxylic acids is 1. The van der Waals surface area contributed by atoms with Crippen LogP contribution in [0.2, 0.25) is 0 Å². The monoisotopic (exact) mass is 263 g/mol. The van der Waals surface area contributed by atoms with Gasteiger partial charge in [0.2, 0.25) is 5.91 Å². The van der Waals surface area contributed by atoms with Crippen LogP contribution < -0.4 is 5.43 Å². The van der Waals surface area contributed by atoms with E-state index in [4.69, 9.17) is 0 Å². The van der Waals surface area contributed by atoms with Crippen LogP contribution in [0.5, 0.6) is 5.75 Å². The first-order valence-electron chi connectivity index (χ1n) is 6.15. The van der Waals surface area contributed by atoms with Gasteiger partial charge in [0.25, 0.3) is 0 Å². The van der Waals surface area contributed by atoms with Crippen LogP contribution in [0.1, 0.15) is 38.2 Å². The number of benzene rings is 1. The number of nitroso groups, excluding NO2 is 1. The summed E-state index contributed by atoms with van der Waals surface area (Å²) in [5, 5.41) is 16.0. The van der Waals surface area contributed by atoms with Crippen molar-refractivity contribution >= 4 is 17.8 Å². The minimum absolute atomic E-state index is 0.0311. The van der Waals surface area contributed by atoms with Crippen molar-refractivity contribution in [2.24, 2.45) is 10.3 Å². The lowest BCUT2D eigenvalue weighted by molar-refractivity contribution is -0.121. The van der Waals surface area contributed by atoms with Crippen LogP contribution in [0.15, 0.2) is 28.5 Å². The summed E-state index contributed by atoms with van der Waals surface area (Å²) in [7, 11) is 0. The molecule has 0 atom stereocenters. The molecule has 0 spiro atoms. The maximum atomic E-state index is 11.4. The topological polar surface area (TPSA) is 91.1 Å². The Morgan fingerprint density at radius 2 is 2.21 bits per heavy atom. The van der Waals surface area contributed by atoms with Gasteiger partial charge in [-0.25, -0.2) is 5.43 Å². The number of hydrogen-bond donors (Lipinski definition) is 2. The Morgan fingerprint density at radius 3 is 2.89 bits per heavy atom. The summed E-state index contributed by atoms with van der Waals surface area (Å²) in [6, 6.07) is 4.12. The second-order valence-electron chi connectivity index (χ2n) is 4.08. The van der Waals surface area contributed by atoms with Gasteiger partial charge in [0.15, 0.2) is 0 Å². The predicted octanol–water partition coefficient (Wildman–Crippen LogP) is 2.82. The van der Waals surface area contributed by atoms with Crippen molar-refractivity contribution in [3.05, 3.63) is 28.7 Å². The van der Waals surface area contributed by atoms with Crippen LogP contribution in [-0.4, -0.2) is 17.2 Å². The Hall–Kier alpha value is -2.24. The van der Waals surface area contributed by atoms with Crippen molar-refractivity contribution in [1.29, 1.82) is 0 Å². The average molecular weight is 263 g/mol. The number of phenolic OH excluding ortho intramolecular Hbond substituents is 1. The lowest BCUT2D eigenvalue weighted by atomic mass is 10.2. The number of rotatable bonds is 7. The molecule has 1 aromatic carbocycles. The van der Waals surface area contributed by atoms with E-state index in [0.29, 0.717) is 12.0 Å². The molecule has 1 rings (SSSR count). The third-order valence-electron chi connectivity index (χ3n) is 2.52. The van der Waals surface area contributed by atoms with Gasteiger partial charge in [-0.05, 0) is 29.8 Å². The minimum Gasteiger partial charge on any atom is -0.507 e. The van der Waals surface area contributed by atoms with Crippen molar-refractivity contribution in [1.82, 2.24) is 5.43 Å². The highest BCUT2D eigenvalue weighted by Gasteiger charge is 2.01. The Bertz CT molecular complexity index is 472. The third kappa shape index (κ3) is 5.29. The molecule has 0 fully saturated rings. The molecule has 1 amide bonds. The number of aromatic hydroxyl groups is 1. The Balaban J connectivity index is 2.52. The molecule has 2 N–H and O–H groups in total. The Labute approximate surface area is 111 Å². The summed E-state index contributed by atoms with van der Waals surface area (Å²) in [6.45, 7) is 2.06. The molecular weight excluding hydrogens is 246 g/mol. The Kier molecular flexibility index (Phi) is 6.21. The highest BCUT2D eigenvalue weighted by molar-refractivity contribution is 5.86. The molecule has 6 nitrogen and oxygen atoms in total. The zero-order valence-electron chi connectivity index (χ0n) is 10.8. The van der Waals surface area contributed by atoms with Gasteiger partial charge >= 0.3 is 0 Å². The van der Waals surface area contributed by atoms with Crippen LogP contribution in [0.3, 0.4) is 0 Å². The quantitative estimate of drug-likeness (QED) is 0.343. The summed E-state index contributed by atoms with van der Waals surface area (Å²) < 4.78 is 0. The summed E-state index contributed by atoms with van der Waals surface area (Å²) in [5.41, 5.74) is 2.88. The number of unbranched alkanes of at least 4 members (excludes halogenated alkanes) is 2. The second-order valence-corrected chi connectivity index (χ2v) is 4.08. The number of hydrogen-bond acceptors (Lipinski definition) is 5. The first kappa shape index (κ1) is 14.8. The van der Waals surface area contributed by atoms with Gasteiger partial charge in [0.05, 0.1) is 6.21 Å². The van der Waals surface area contributed by atoms with E-state index in [2.05, 4.69) is 22.6 Å². The summed E-state index contributed by atoms with van der Waals surface area (Å²) in [4.78, 5) is 21.7. The fourth-order valence-electron chi connectivity index (χ4n) is 1.47. The Morgan fingerprint density at radius 1 is 1.42 bits per heavy atom. The molecule has 0 bridgehead atoms. The smallest absolute Gasteiger partial charge is 0.240 e. The van der Waals surface area contributed by atoms with Gasteiger partial charge in [0.1, 0.15) is 11.4 Å². The normalized spacial score (nSPS) is 10.6. The van der Waals surface area contributed by atoms with E-state index < -0.39 is 0 Å². The molecule has 0 aliphatic heterocycles. The minimum atomic E-state index is -0.172. The van der Waals surface area contributed by atoms with Crippen molar-refractivity contribution in [2.75, 3.05) is 0 Å². The number of carbonyl (C=O) groups is 1. The number of nitrogens with zero attached hydrogens (tertiary/aromatic N) is 2. The highest BCUT2D eigenvalue weighted by Crippen LogP contribution is 2.21. The van der Waals surface area contributed by atoms with Crippen LogP contribution >= 0.6 is 0 Å². The van der Waals surface area contributed by atoms with Gasteiger partial charge in [-0.2, -0.15) is 5.10 Å². The van der Waals surface area contributed by atoms with Crippen LogP contribution in [0.4, 0.5) is 5.69 Å². The SMILES string of the molecule is CCCCCC(=O)N/N=C/c1cc(N=O)ccc1O. The molecule has 102 valence electrons.